The Morgan fingerprint density at radius 3 is 2.78 bits per heavy atom. The summed E-state index contributed by atoms with van der Waals surface area (Å²) >= 11 is 0. The molecule has 0 radical (unpaired) electrons. The molecule has 144 valence electrons. The number of rotatable bonds is 6. The minimum atomic E-state index is -0.573. The topological polar surface area (TPSA) is 105 Å². The standard InChI is InChI=1S/C20H26N4O3/c1-12(21)20(7-8-20)11-22-9-13-3-2-4-14-10-24(19(27)17(13)14)15-5-6-16(25)23-18(15)26/h2-4,12,15,22H,5-11,21H2,1H3,(H,23,25,26). The number of benzene rings is 1. The lowest BCUT2D eigenvalue weighted by Crippen LogP contribution is -2.52. The average Bonchev–Trinajstić information content (AvgIpc) is 3.34. The first-order valence-electron chi connectivity index (χ1n) is 9.63. The first-order valence-corrected chi connectivity index (χ1v) is 9.63. The molecule has 3 aliphatic rings. The van der Waals surface area contributed by atoms with Gasteiger partial charge in [-0.1, -0.05) is 18.2 Å². The number of hydrogen-bond donors (Lipinski definition) is 3. The molecule has 1 aromatic rings. The van der Waals surface area contributed by atoms with E-state index in [0.717, 1.165) is 30.5 Å². The molecule has 3 amide bonds. The van der Waals surface area contributed by atoms with Crippen LogP contribution in [0.15, 0.2) is 18.2 Å². The maximum Gasteiger partial charge on any atom is 0.255 e. The number of nitrogens with one attached hydrogen (secondary N) is 2. The number of imide groups is 1. The van der Waals surface area contributed by atoms with Crippen molar-refractivity contribution in [2.24, 2.45) is 11.1 Å². The summed E-state index contributed by atoms with van der Waals surface area (Å²) in [6, 6.07) is 5.44. The van der Waals surface area contributed by atoms with Crippen molar-refractivity contribution in [3.05, 3.63) is 34.9 Å². The Hall–Kier alpha value is -2.25. The third-order valence-corrected chi connectivity index (χ3v) is 6.29. The van der Waals surface area contributed by atoms with E-state index in [9.17, 15) is 14.4 Å². The fourth-order valence-corrected chi connectivity index (χ4v) is 4.24. The van der Waals surface area contributed by atoms with E-state index in [1.54, 1.807) is 4.90 Å². The van der Waals surface area contributed by atoms with Crippen LogP contribution in [0.5, 0.6) is 0 Å². The van der Waals surface area contributed by atoms with Crippen LogP contribution < -0.4 is 16.4 Å². The molecule has 7 nitrogen and oxygen atoms in total. The number of fused-ring (bicyclic) bond motifs is 1. The van der Waals surface area contributed by atoms with E-state index >= 15 is 0 Å². The Morgan fingerprint density at radius 2 is 2.11 bits per heavy atom. The van der Waals surface area contributed by atoms with Gasteiger partial charge in [0.05, 0.1) is 0 Å². The number of carbonyl (C=O) groups excluding carboxylic acids is 3. The third kappa shape index (κ3) is 3.26. The molecule has 1 saturated heterocycles. The maximum atomic E-state index is 13.0. The van der Waals surface area contributed by atoms with Crippen LogP contribution in [-0.4, -0.2) is 41.2 Å². The predicted octanol–water partition coefficient (Wildman–Crippen LogP) is 0.665. The van der Waals surface area contributed by atoms with Crippen molar-refractivity contribution < 1.29 is 14.4 Å². The minimum absolute atomic E-state index is 0.120. The number of amides is 3. The van der Waals surface area contributed by atoms with E-state index in [1.807, 2.05) is 18.2 Å². The number of nitrogens with zero attached hydrogens (tertiary/aromatic N) is 1. The summed E-state index contributed by atoms with van der Waals surface area (Å²) in [5.41, 5.74) is 8.87. The fraction of sp³-hybridized carbons (Fsp3) is 0.550. The molecular weight excluding hydrogens is 344 g/mol. The highest BCUT2D eigenvalue weighted by molar-refractivity contribution is 6.05. The fourth-order valence-electron chi connectivity index (χ4n) is 4.24. The Balaban J connectivity index is 1.47. The normalized spacial score (nSPS) is 24.6. The summed E-state index contributed by atoms with van der Waals surface area (Å²) in [6.45, 7) is 3.92. The second-order valence-electron chi connectivity index (χ2n) is 8.11. The molecule has 1 aliphatic carbocycles. The van der Waals surface area contributed by atoms with E-state index in [2.05, 4.69) is 17.6 Å². The van der Waals surface area contributed by atoms with Crippen LogP contribution in [0.3, 0.4) is 0 Å². The molecule has 27 heavy (non-hydrogen) atoms. The van der Waals surface area contributed by atoms with Gasteiger partial charge in [-0.2, -0.15) is 0 Å². The monoisotopic (exact) mass is 370 g/mol. The molecular formula is C20H26N4O3. The molecule has 1 aromatic carbocycles. The van der Waals surface area contributed by atoms with Gasteiger partial charge in [0.1, 0.15) is 6.04 Å². The van der Waals surface area contributed by atoms with Crippen molar-refractivity contribution >= 4 is 17.7 Å². The van der Waals surface area contributed by atoms with Gasteiger partial charge in [-0.3, -0.25) is 19.7 Å². The van der Waals surface area contributed by atoms with Crippen LogP contribution in [-0.2, 0) is 22.7 Å². The SMILES string of the molecule is CC(N)C1(CNCc2cccc3c2C(=O)N(C2CCC(=O)NC2=O)C3)CC1. The van der Waals surface area contributed by atoms with Gasteiger partial charge >= 0.3 is 0 Å². The van der Waals surface area contributed by atoms with Gasteiger partial charge in [-0.05, 0) is 42.7 Å². The van der Waals surface area contributed by atoms with Crippen LogP contribution in [0.1, 0.15) is 54.1 Å². The lowest BCUT2D eigenvalue weighted by molar-refractivity contribution is -0.136. The van der Waals surface area contributed by atoms with Crippen LogP contribution in [0.2, 0.25) is 0 Å². The number of nitrogens with two attached hydrogens (primary N) is 1. The quantitative estimate of drug-likeness (QED) is 0.638. The molecule has 2 heterocycles. The Kier molecular flexibility index (Phi) is 4.52. The second-order valence-corrected chi connectivity index (χ2v) is 8.11. The Morgan fingerprint density at radius 1 is 1.33 bits per heavy atom. The van der Waals surface area contributed by atoms with Gasteiger partial charge in [-0.25, -0.2) is 0 Å². The number of piperidine rings is 1. The van der Waals surface area contributed by atoms with E-state index in [1.165, 1.54) is 0 Å². The zero-order valence-electron chi connectivity index (χ0n) is 15.6. The van der Waals surface area contributed by atoms with Gasteiger partial charge in [0.15, 0.2) is 0 Å². The Bertz CT molecular complexity index is 800. The van der Waals surface area contributed by atoms with Gasteiger partial charge in [0, 0.05) is 37.7 Å². The van der Waals surface area contributed by atoms with Crippen molar-refractivity contribution in [2.75, 3.05) is 6.54 Å². The highest BCUT2D eigenvalue weighted by atomic mass is 16.2. The van der Waals surface area contributed by atoms with E-state index < -0.39 is 6.04 Å². The highest BCUT2D eigenvalue weighted by Crippen LogP contribution is 2.47. The lowest BCUT2D eigenvalue weighted by Gasteiger charge is -2.29. The summed E-state index contributed by atoms with van der Waals surface area (Å²) in [7, 11) is 0. The summed E-state index contributed by atoms with van der Waals surface area (Å²) in [5.74, 6) is -0.765. The third-order valence-electron chi connectivity index (χ3n) is 6.29. The zero-order chi connectivity index (χ0) is 19.2. The average molecular weight is 370 g/mol. The highest BCUT2D eigenvalue weighted by Gasteiger charge is 2.45. The molecule has 0 spiro atoms. The van der Waals surface area contributed by atoms with E-state index in [-0.39, 0.29) is 35.6 Å². The predicted molar refractivity (Wildman–Crippen MR) is 99.5 cm³/mol. The van der Waals surface area contributed by atoms with Gasteiger partial charge in [0.25, 0.3) is 5.91 Å². The molecule has 2 unspecified atom stereocenters. The summed E-state index contributed by atoms with van der Waals surface area (Å²) in [5, 5.41) is 5.81. The van der Waals surface area contributed by atoms with Gasteiger partial charge < -0.3 is 16.0 Å². The molecule has 7 heteroatoms. The summed E-state index contributed by atoms with van der Waals surface area (Å²) in [4.78, 5) is 38.2. The van der Waals surface area contributed by atoms with Crippen LogP contribution in [0.25, 0.3) is 0 Å². The second kappa shape index (κ2) is 6.73. The molecule has 1 saturated carbocycles. The smallest absolute Gasteiger partial charge is 0.255 e. The summed E-state index contributed by atoms with van der Waals surface area (Å²) in [6.07, 6.45) is 2.94. The molecule has 0 aromatic heterocycles. The minimum Gasteiger partial charge on any atom is -0.327 e. The van der Waals surface area contributed by atoms with Crippen molar-refractivity contribution in [1.82, 2.24) is 15.5 Å². The largest absolute Gasteiger partial charge is 0.327 e. The van der Waals surface area contributed by atoms with Crippen molar-refractivity contribution in [3.63, 3.8) is 0 Å². The molecule has 2 aliphatic heterocycles. The van der Waals surface area contributed by atoms with Gasteiger partial charge in [0.2, 0.25) is 11.8 Å². The zero-order valence-corrected chi connectivity index (χ0v) is 15.6. The lowest BCUT2D eigenvalue weighted by atomic mass is 9.98. The van der Waals surface area contributed by atoms with Crippen LogP contribution >= 0.6 is 0 Å². The van der Waals surface area contributed by atoms with E-state index in [4.69, 9.17) is 5.73 Å². The van der Waals surface area contributed by atoms with E-state index in [0.29, 0.717) is 25.1 Å². The van der Waals surface area contributed by atoms with Crippen molar-refractivity contribution in [2.45, 2.75) is 57.8 Å². The molecule has 4 rings (SSSR count). The maximum absolute atomic E-state index is 13.0. The van der Waals surface area contributed by atoms with Crippen molar-refractivity contribution in [3.8, 4) is 0 Å². The first kappa shape index (κ1) is 18.1. The summed E-state index contributed by atoms with van der Waals surface area (Å²) < 4.78 is 0. The Labute approximate surface area is 158 Å². The molecule has 2 atom stereocenters. The molecule has 4 N–H and O–H groups in total. The first-order chi connectivity index (χ1) is 12.9. The molecule has 2 fully saturated rings. The van der Waals surface area contributed by atoms with Crippen LogP contribution in [0, 0.1) is 5.41 Å². The van der Waals surface area contributed by atoms with Crippen molar-refractivity contribution in [1.29, 1.82) is 0 Å². The number of hydrogen-bond acceptors (Lipinski definition) is 5. The van der Waals surface area contributed by atoms with Gasteiger partial charge in [-0.15, -0.1) is 0 Å². The molecule has 0 bridgehead atoms. The number of carbonyl (C=O) groups is 3. The van der Waals surface area contributed by atoms with Crippen LogP contribution in [0.4, 0.5) is 0 Å².